The highest BCUT2D eigenvalue weighted by Gasteiger charge is 2.18. The summed E-state index contributed by atoms with van der Waals surface area (Å²) < 4.78 is 6.38. The van der Waals surface area contributed by atoms with Crippen molar-refractivity contribution in [1.82, 2.24) is 15.0 Å². The minimum atomic E-state index is 0.608. The molecular weight excluding hydrogens is 574 g/mol. The Morgan fingerprint density at radius 3 is 1.57 bits per heavy atom. The van der Waals surface area contributed by atoms with Crippen LogP contribution in [-0.4, -0.2) is 15.0 Å². The van der Waals surface area contributed by atoms with Crippen molar-refractivity contribution in [3.63, 3.8) is 0 Å². The van der Waals surface area contributed by atoms with Crippen LogP contribution in [0.1, 0.15) is 0 Å². The van der Waals surface area contributed by atoms with E-state index in [1.54, 1.807) is 0 Å². The molecule has 47 heavy (non-hydrogen) atoms. The van der Waals surface area contributed by atoms with Gasteiger partial charge in [0, 0.05) is 27.5 Å². The average Bonchev–Trinajstić information content (AvgIpc) is 3.53. The normalized spacial score (nSPS) is 11.4. The standard InChI is InChI=1S/C43H27N3O/c1-3-11-31(12-4-1)41-44-42(32-13-5-2-6-14-32)46-43(45-41)36-16-9-17-39-40(36)37-27-35(24-25-38(37)47-39)30-20-18-29(19-21-30)34-23-22-28-10-7-8-15-33(28)26-34/h1-27H. The molecule has 220 valence electrons. The second-order valence-electron chi connectivity index (χ2n) is 11.7. The maximum absolute atomic E-state index is 6.38. The Balaban J connectivity index is 1.16. The molecular formula is C43H27N3O. The first-order valence-corrected chi connectivity index (χ1v) is 15.7. The fraction of sp³-hybridized carbons (Fsp3) is 0. The Bertz CT molecular complexity index is 2500. The van der Waals surface area contributed by atoms with Crippen LogP contribution >= 0.6 is 0 Å². The molecule has 0 atom stereocenters. The van der Waals surface area contributed by atoms with E-state index in [4.69, 9.17) is 19.4 Å². The third kappa shape index (κ3) is 4.93. The summed E-state index contributed by atoms with van der Waals surface area (Å²) in [5.74, 6) is 1.87. The lowest BCUT2D eigenvalue weighted by atomic mass is 9.97. The zero-order valence-corrected chi connectivity index (χ0v) is 25.3. The van der Waals surface area contributed by atoms with E-state index in [-0.39, 0.29) is 0 Å². The first kappa shape index (κ1) is 27.0. The molecule has 4 nitrogen and oxygen atoms in total. The molecule has 4 heteroatoms. The van der Waals surface area contributed by atoms with E-state index in [9.17, 15) is 0 Å². The number of furan rings is 1. The molecule has 0 N–H and O–H groups in total. The lowest BCUT2D eigenvalue weighted by Gasteiger charge is -2.09. The van der Waals surface area contributed by atoms with Crippen LogP contribution in [0.3, 0.4) is 0 Å². The number of rotatable bonds is 5. The van der Waals surface area contributed by atoms with Gasteiger partial charge in [0.2, 0.25) is 0 Å². The van der Waals surface area contributed by atoms with Gasteiger partial charge in [0.25, 0.3) is 0 Å². The van der Waals surface area contributed by atoms with Crippen LogP contribution in [0.2, 0.25) is 0 Å². The molecule has 9 aromatic rings. The van der Waals surface area contributed by atoms with Gasteiger partial charge in [-0.15, -0.1) is 0 Å². The summed E-state index contributed by atoms with van der Waals surface area (Å²) >= 11 is 0. The summed E-state index contributed by atoms with van der Waals surface area (Å²) in [5.41, 5.74) is 9.05. The second-order valence-corrected chi connectivity index (χ2v) is 11.7. The number of fused-ring (bicyclic) bond motifs is 4. The largest absolute Gasteiger partial charge is 0.456 e. The van der Waals surface area contributed by atoms with Gasteiger partial charge in [-0.05, 0) is 57.3 Å². The molecule has 0 aliphatic carbocycles. The van der Waals surface area contributed by atoms with E-state index >= 15 is 0 Å². The highest BCUT2D eigenvalue weighted by molar-refractivity contribution is 6.12. The van der Waals surface area contributed by atoms with Crippen molar-refractivity contribution in [3.05, 3.63) is 164 Å². The molecule has 2 aromatic heterocycles. The van der Waals surface area contributed by atoms with Crippen LogP contribution in [0.25, 0.3) is 89.1 Å². The topological polar surface area (TPSA) is 51.8 Å². The van der Waals surface area contributed by atoms with Crippen molar-refractivity contribution in [1.29, 1.82) is 0 Å². The SMILES string of the molecule is c1ccc(-c2nc(-c3ccccc3)nc(-c3cccc4oc5ccc(-c6ccc(-c7ccc8ccccc8c7)cc6)cc5c34)n2)cc1. The van der Waals surface area contributed by atoms with Gasteiger partial charge in [-0.25, -0.2) is 15.0 Å². The molecule has 0 bridgehead atoms. The number of nitrogens with zero attached hydrogens (tertiary/aromatic N) is 3. The minimum absolute atomic E-state index is 0.608. The van der Waals surface area contributed by atoms with Crippen molar-refractivity contribution in [3.8, 4) is 56.4 Å². The molecule has 7 aromatic carbocycles. The molecule has 2 heterocycles. The number of aromatic nitrogens is 3. The van der Waals surface area contributed by atoms with Crippen molar-refractivity contribution in [2.75, 3.05) is 0 Å². The van der Waals surface area contributed by atoms with E-state index in [0.29, 0.717) is 17.5 Å². The summed E-state index contributed by atoms with van der Waals surface area (Å²) in [6.07, 6.45) is 0. The molecule has 0 saturated carbocycles. The zero-order chi connectivity index (χ0) is 31.2. The maximum atomic E-state index is 6.38. The molecule has 0 unspecified atom stereocenters. The van der Waals surface area contributed by atoms with Crippen LogP contribution in [0.15, 0.2) is 168 Å². The molecule has 0 aliphatic heterocycles. The van der Waals surface area contributed by atoms with E-state index in [0.717, 1.165) is 49.8 Å². The molecule has 0 amide bonds. The summed E-state index contributed by atoms with van der Waals surface area (Å²) in [6.45, 7) is 0. The average molecular weight is 602 g/mol. The van der Waals surface area contributed by atoms with Crippen molar-refractivity contribution in [2.24, 2.45) is 0 Å². The quantitative estimate of drug-likeness (QED) is 0.197. The predicted octanol–water partition coefficient (Wildman–Crippen LogP) is 11.3. The maximum Gasteiger partial charge on any atom is 0.164 e. The molecule has 9 rings (SSSR count). The van der Waals surface area contributed by atoms with E-state index in [2.05, 4.69) is 91.0 Å². The highest BCUT2D eigenvalue weighted by Crippen LogP contribution is 2.38. The predicted molar refractivity (Wildman–Crippen MR) is 192 cm³/mol. The third-order valence-electron chi connectivity index (χ3n) is 8.74. The lowest BCUT2D eigenvalue weighted by molar-refractivity contribution is 0.669. The molecule has 0 fully saturated rings. The first-order chi connectivity index (χ1) is 23.3. The monoisotopic (exact) mass is 601 g/mol. The third-order valence-corrected chi connectivity index (χ3v) is 8.74. The van der Waals surface area contributed by atoms with Gasteiger partial charge in [-0.2, -0.15) is 0 Å². The van der Waals surface area contributed by atoms with Gasteiger partial charge in [-0.3, -0.25) is 0 Å². The first-order valence-electron chi connectivity index (χ1n) is 15.7. The number of hydrogen-bond donors (Lipinski definition) is 0. The van der Waals surface area contributed by atoms with Gasteiger partial charge in [0.1, 0.15) is 11.2 Å². The Morgan fingerprint density at radius 2 is 0.894 bits per heavy atom. The molecule has 0 spiro atoms. The number of hydrogen-bond acceptors (Lipinski definition) is 4. The Labute approximate surface area is 271 Å². The lowest BCUT2D eigenvalue weighted by Crippen LogP contribution is -2.00. The van der Waals surface area contributed by atoms with Gasteiger partial charge < -0.3 is 4.42 Å². The smallest absolute Gasteiger partial charge is 0.164 e. The molecule has 0 aliphatic rings. The fourth-order valence-corrected chi connectivity index (χ4v) is 6.35. The summed E-state index contributed by atoms with van der Waals surface area (Å²) in [7, 11) is 0. The van der Waals surface area contributed by atoms with Gasteiger partial charge in [0.15, 0.2) is 17.5 Å². The summed E-state index contributed by atoms with van der Waals surface area (Å²) in [5, 5.41) is 4.50. The molecule has 0 radical (unpaired) electrons. The fourth-order valence-electron chi connectivity index (χ4n) is 6.35. The van der Waals surface area contributed by atoms with Crippen molar-refractivity contribution < 1.29 is 4.42 Å². The van der Waals surface area contributed by atoms with Crippen molar-refractivity contribution in [2.45, 2.75) is 0 Å². The summed E-state index contributed by atoms with van der Waals surface area (Å²) in [6, 6.07) is 56.5. The Kier molecular flexibility index (Phi) is 6.43. The number of benzene rings is 7. The van der Waals surface area contributed by atoms with E-state index in [1.807, 2.05) is 72.8 Å². The van der Waals surface area contributed by atoms with Crippen molar-refractivity contribution >= 4 is 32.7 Å². The summed E-state index contributed by atoms with van der Waals surface area (Å²) in [4.78, 5) is 14.9. The van der Waals surface area contributed by atoms with Crippen LogP contribution in [-0.2, 0) is 0 Å². The zero-order valence-electron chi connectivity index (χ0n) is 25.3. The van der Waals surface area contributed by atoms with Gasteiger partial charge in [-0.1, -0.05) is 140 Å². The van der Waals surface area contributed by atoms with E-state index < -0.39 is 0 Å². The van der Waals surface area contributed by atoms with Gasteiger partial charge >= 0.3 is 0 Å². The minimum Gasteiger partial charge on any atom is -0.456 e. The van der Waals surface area contributed by atoms with Gasteiger partial charge in [0.05, 0.1) is 0 Å². The molecule has 0 saturated heterocycles. The van der Waals surface area contributed by atoms with Crippen LogP contribution < -0.4 is 0 Å². The highest BCUT2D eigenvalue weighted by atomic mass is 16.3. The second kappa shape index (κ2) is 11.2. The Hall–Kier alpha value is -6.39. The van der Waals surface area contributed by atoms with E-state index in [1.165, 1.54) is 21.9 Å². The van der Waals surface area contributed by atoms with Crippen LogP contribution in [0.4, 0.5) is 0 Å². The Morgan fingerprint density at radius 1 is 0.340 bits per heavy atom. The van der Waals surface area contributed by atoms with Crippen LogP contribution in [0, 0.1) is 0 Å². The van der Waals surface area contributed by atoms with Crippen LogP contribution in [0.5, 0.6) is 0 Å².